The first kappa shape index (κ1) is 20.6. The van der Waals surface area contributed by atoms with Gasteiger partial charge in [0.05, 0.1) is 0 Å². The van der Waals surface area contributed by atoms with Crippen LogP contribution in [0.3, 0.4) is 0 Å². The van der Waals surface area contributed by atoms with E-state index in [9.17, 15) is 0 Å². The van der Waals surface area contributed by atoms with Gasteiger partial charge in [-0.05, 0) is 83.0 Å². The third kappa shape index (κ3) is 4.64. The largest absolute Gasteiger partial charge is 0.301 e. The number of likely N-dealkylation sites (N-methyl/N-ethyl adjacent to an activating group) is 2. The fraction of sp³-hybridized carbons (Fsp3) is 1.00. The van der Waals surface area contributed by atoms with Crippen LogP contribution < -0.4 is 0 Å². The molecule has 0 saturated carbocycles. The third-order valence-corrected chi connectivity index (χ3v) is 7.50. The minimum atomic E-state index is 0.416. The number of hydrogen-bond donors (Lipinski definition) is 0. The maximum atomic E-state index is 2.84. The van der Waals surface area contributed by atoms with E-state index < -0.39 is 0 Å². The number of hydrogen-bond acceptors (Lipinski definition) is 3. The standard InChI is InChI=1S/C23H45N3/c1-21(2,3)14-19-16-25(7)20(17-24(19)6)15-22(4,5)18-23-10-8-12-26(23)13-9-11-23/h19-20H,8-18H2,1-7H3. The van der Waals surface area contributed by atoms with Crippen LogP contribution in [-0.4, -0.2) is 72.6 Å². The molecule has 0 radical (unpaired) electrons. The molecule has 3 saturated heterocycles. The lowest BCUT2D eigenvalue weighted by molar-refractivity contribution is 0.0148. The molecule has 0 bridgehead atoms. The molecule has 0 aromatic heterocycles. The van der Waals surface area contributed by atoms with Crippen LogP contribution in [-0.2, 0) is 0 Å². The van der Waals surface area contributed by atoms with Gasteiger partial charge in [0.15, 0.2) is 0 Å². The fourth-order valence-corrected chi connectivity index (χ4v) is 6.50. The highest BCUT2D eigenvalue weighted by Gasteiger charge is 2.47. The van der Waals surface area contributed by atoms with E-state index in [1.54, 1.807) is 0 Å². The summed E-state index contributed by atoms with van der Waals surface area (Å²) in [5.74, 6) is 0. The van der Waals surface area contributed by atoms with Gasteiger partial charge in [0.1, 0.15) is 0 Å². The lowest BCUT2D eigenvalue weighted by atomic mass is 9.72. The first-order chi connectivity index (χ1) is 12.0. The highest BCUT2D eigenvalue weighted by Crippen LogP contribution is 2.47. The summed E-state index contributed by atoms with van der Waals surface area (Å²) in [6.07, 6.45) is 9.79. The van der Waals surface area contributed by atoms with Crippen LogP contribution in [0.15, 0.2) is 0 Å². The molecule has 0 amide bonds. The highest BCUT2D eigenvalue weighted by molar-refractivity contribution is 5.03. The highest BCUT2D eigenvalue weighted by atomic mass is 15.3. The summed E-state index contributed by atoms with van der Waals surface area (Å²) in [6, 6.07) is 1.41. The smallest absolute Gasteiger partial charge is 0.0225 e. The summed E-state index contributed by atoms with van der Waals surface area (Å²) >= 11 is 0. The predicted octanol–water partition coefficient (Wildman–Crippen LogP) is 4.47. The first-order valence-corrected chi connectivity index (χ1v) is 11.2. The molecular weight excluding hydrogens is 318 g/mol. The lowest BCUT2D eigenvalue weighted by Crippen LogP contribution is -2.57. The van der Waals surface area contributed by atoms with Crippen LogP contribution >= 0.6 is 0 Å². The van der Waals surface area contributed by atoms with Gasteiger partial charge in [-0.1, -0.05) is 34.6 Å². The van der Waals surface area contributed by atoms with Crippen molar-refractivity contribution in [3.8, 4) is 0 Å². The molecule has 3 aliphatic rings. The molecule has 3 heterocycles. The van der Waals surface area contributed by atoms with Gasteiger partial charge in [0.25, 0.3) is 0 Å². The molecule has 3 rings (SSSR count). The van der Waals surface area contributed by atoms with E-state index in [4.69, 9.17) is 0 Å². The Labute approximate surface area is 163 Å². The summed E-state index contributed by atoms with van der Waals surface area (Å²) in [4.78, 5) is 8.17. The quantitative estimate of drug-likeness (QED) is 0.713. The lowest BCUT2D eigenvalue weighted by Gasteiger charge is -2.48. The summed E-state index contributed by atoms with van der Waals surface area (Å²) in [7, 11) is 4.73. The maximum absolute atomic E-state index is 2.84. The molecule has 3 fully saturated rings. The Morgan fingerprint density at radius 2 is 1.31 bits per heavy atom. The molecule has 152 valence electrons. The summed E-state index contributed by atoms with van der Waals surface area (Å²) < 4.78 is 0. The Morgan fingerprint density at radius 1 is 0.808 bits per heavy atom. The van der Waals surface area contributed by atoms with E-state index in [1.165, 1.54) is 71.1 Å². The van der Waals surface area contributed by atoms with Crippen LogP contribution in [0.5, 0.6) is 0 Å². The fourth-order valence-electron chi connectivity index (χ4n) is 6.50. The Bertz CT molecular complexity index is 468. The molecule has 2 unspecified atom stereocenters. The van der Waals surface area contributed by atoms with Crippen molar-refractivity contribution in [2.24, 2.45) is 10.8 Å². The molecule has 3 aliphatic heterocycles. The van der Waals surface area contributed by atoms with Crippen molar-refractivity contribution in [2.45, 2.75) is 97.2 Å². The topological polar surface area (TPSA) is 9.72 Å². The SMILES string of the molecule is CN1CC(CC(C)(C)CC23CCCN2CCC3)N(C)CC1CC(C)(C)C. The normalized spacial score (nSPS) is 31.5. The molecule has 0 aromatic rings. The van der Waals surface area contributed by atoms with Crippen molar-refractivity contribution in [3.05, 3.63) is 0 Å². The zero-order chi connectivity index (χ0) is 19.2. The molecule has 26 heavy (non-hydrogen) atoms. The van der Waals surface area contributed by atoms with Gasteiger partial charge in [-0.3, -0.25) is 4.90 Å². The number of piperazine rings is 1. The Balaban J connectivity index is 1.59. The number of fused-ring (bicyclic) bond motifs is 1. The van der Waals surface area contributed by atoms with E-state index in [0.717, 1.165) is 0 Å². The van der Waals surface area contributed by atoms with Gasteiger partial charge in [0.2, 0.25) is 0 Å². The average molecular weight is 364 g/mol. The second kappa shape index (κ2) is 7.37. The third-order valence-electron chi connectivity index (χ3n) is 7.50. The van der Waals surface area contributed by atoms with Gasteiger partial charge in [-0.2, -0.15) is 0 Å². The second-order valence-corrected chi connectivity index (χ2v) is 11.9. The minimum absolute atomic E-state index is 0.416. The maximum Gasteiger partial charge on any atom is 0.0225 e. The molecule has 3 nitrogen and oxygen atoms in total. The number of rotatable bonds is 5. The zero-order valence-electron chi connectivity index (χ0n) is 18.8. The van der Waals surface area contributed by atoms with Gasteiger partial charge in [-0.15, -0.1) is 0 Å². The van der Waals surface area contributed by atoms with Gasteiger partial charge in [-0.25, -0.2) is 0 Å². The molecular formula is C23H45N3. The second-order valence-electron chi connectivity index (χ2n) is 11.9. The van der Waals surface area contributed by atoms with E-state index >= 15 is 0 Å². The van der Waals surface area contributed by atoms with Crippen molar-refractivity contribution in [1.82, 2.24) is 14.7 Å². The molecule has 0 spiro atoms. The Kier molecular flexibility index (Phi) is 5.84. The Hall–Kier alpha value is -0.120. The van der Waals surface area contributed by atoms with Crippen LogP contribution in [0.25, 0.3) is 0 Å². The van der Waals surface area contributed by atoms with Crippen molar-refractivity contribution in [1.29, 1.82) is 0 Å². The van der Waals surface area contributed by atoms with Gasteiger partial charge in [0, 0.05) is 30.7 Å². The molecule has 2 atom stereocenters. The zero-order valence-corrected chi connectivity index (χ0v) is 18.8. The van der Waals surface area contributed by atoms with Crippen molar-refractivity contribution in [3.63, 3.8) is 0 Å². The monoisotopic (exact) mass is 363 g/mol. The van der Waals surface area contributed by atoms with Crippen LogP contribution in [0.2, 0.25) is 0 Å². The van der Waals surface area contributed by atoms with Crippen molar-refractivity contribution in [2.75, 3.05) is 40.3 Å². The molecule has 0 N–H and O–H groups in total. The van der Waals surface area contributed by atoms with E-state index in [0.29, 0.717) is 28.5 Å². The van der Waals surface area contributed by atoms with Gasteiger partial charge < -0.3 is 9.80 Å². The predicted molar refractivity (Wildman–Crippen MR) is 113 cm³/mol. The van der Waals surface area contributed by atoms with Crippen LogP contribution in [0.4, 0.5) is 0 Å². The van der Waals surface area contributed by atoms with E-state index in [2.05, 4.69) is 63.4 Å². The molecule has 0 aromatic carbocycles. The average Bonchev–Trinajstić information content (AvgIpc) is 3.00. The van der Waals surface area contributed by atoms with E-state index in [-0.39, 0.29) is 0 Å². The first-order valence-electron chi connectivity index (χ1n) is 11.2. The van der Waals surface area contributed by atoms with Crippen LogP contribution in [0.1, 0.15) is 79.6 Å². The van der Waals surface area contributed by atoms with E-state index in [1.807, 2.05) is 0 Å². The molecule has 0 aliphatic carbocycles. The Morgan fingerprint density at radius 3 is 1.81 bits per heavy atom. The number of nitrogens with zero attached hydrogens (tertiary/aromatic N) is 3. The summed E-state index contributed by atoms with van der Waals surface area (Å²) in [5.41, 5.74) is 1.40. The van der Waals surface area contributed by atoms with Crippen molar-refractivity contribution >= 4 is 0 Å². The van der Waals surface area contributed by atoms with Crippen molar-refractivity contribution < 1.29 is 0 Å². The van der Waals surface area contributed by atoms with Gasteiger partial charge >= 0.3 is 0 Å². The summed E-state index contributed by atoms with van der Waals surface area (Å²) in [6.45, 7) is 17.4. The van der Waals surface area contributed by atoms with Crippen LogP contribution in [0, 0.1) is 10.8 Å². The summed E-state index contributed by atoms with van der Waals surface area (Å²) in [5, 5.41) is 0. The minimum Gasteiger partial charge on any atom is -0.301 e. The molecule has 3 heteroatoms.